The van der Waals surface area contributed by atoms with Crippen molar-refractivity contribution in [2.75, 3.05) is 27.4 Å². The lowest BCUT2D eigenvalue weighted by atomic mass is 9.78. The van der Waals surface area contributed by atoms with E-state index in [0.717, 1.165) is 0 Å². The van der Waals surface area contributed by atoms with Gasteiger partial charge in [0.2, 0.25) is 0 Å². The monoisotopic (exact) mass is 254 g/mol. The van der Waals surface area contributed by atoms with Crippen LogP contribution in [0.25, 0.3) is 0 Å². The molecule has 98 valence electrons. The molecule has 1 heterocycles. The van der Waals surface area contributed by atoms with Gasteiger partial charge in [0.1, 0.15) is 11.5 Å². The van der Waals surface area contributed by atoms with Gasteiger partial charge in [0.15, 0.2) is 6.29 Å². The molecule has 6 nitrogen and oxygen atoms in total. The quantitative estimate of drug-likeness (QED) is 0.700. The summed E-state index contributed by atoms with van der Waals surface area (Å²) in [6, 6.07) is 3.13. The summed E-state index contributed by atoms with van der Waals surface area (Å²) in [6.45, 7) is 0.994. The molecule has 0 atom stereocenters. The molecule has 0 unspecified atom stereocenters. The summed E-state index contributed by atoms with van der Waals surface area (Å²) >= 11 is 0. The maximum absolute atomic E-state index is 9.32. The van der Waals surface area contributed by atoms with Gasteiger partial charge in [-0.2, -0.15) is 0 Å². The van der Waals surface area contributed by atoms with E-state index < -0.39 is 13.4 Å². The molecule has 1 aromatic carbocycles. The third-order valence-corrected chi connectivity index (χ3v) is 2.74. The predicted octanol–water partition coefficient (Wildman–Crippen LogP) is -0.571. The molecule has 1 fully saturated rings. The van der Waals surface area contributed by atoms with Crippen LogP contribution in [0.4, 0.5) is 0 Å². The van der Waals surface area contributed by atoms with E-state index in [-0.39, 0.29) is 5.46 Å². The Bertz CT molecular complexity index is 416. The highest BCUT2D eigenvalue weighted by atomic mass is 16.7. The standard InChI is InChI=1S/C11H15BO6/c1-15-9-6-10(16-2)8(12(13)14)5-7(9)11-17-3-4-18-11/h5-6,11,13-14H,3-4H2,1-2H3. The number of rotatable bonds is 4. The maximum atomic E-state index is 9.32. The Morgan fingerprint density at radius 1 is 1.11 bits per heavy atom. The van der Waals surface area contributed by atoms with Crippen LogP contribution in [0.1, 0.15) is 11.9 Å². The minimum atomic E-state index is -1.63. The van der Waals surface area contributed by atoms with Crippen molar-refractivity contribution in [1.29, 1.82) is 0 Å². The van der Waals surface area contributed by atoms with Crippen molar-refractivity contribution in [3.05, 3.63) is 17.7 Å². The number of hydrogen-bond acceptors (Lipinski definition) is 6. The molecule has 0 saturated carbocycles. The molecule has 0 aliphatic carbocycles. The second-order valence-electron chi connectivity index (χ2n) is 3.78. The fourth-order valence-electron chi connectivity index (χ4n) is 1.87. The molecule has 0 radical (unpaired) electrons. The first-order valence-corrected chi connectivity index (χ1v) is 5.52. The Balaban J connectivity index is 2.46. The summed E-state index contributed by atoms with van der Waals surface area (Å²) in [5, 5.41) is 18.6. The Hall–Kier alpha value is -1.28. The van der Waals surface area contributed by atoms with E-state index in [0.29, 0.717) is 30.3 Å². The highest BCUT2D eigenvalue weighted by molar-refractivity contribution is 6.59. The molecule has 0 amide bonds. The summed E-state index contributed by atoms with van der Waals surface area (Å²) in [4.78, 5) is 0. The molecule has 0 bridgehead atoms. The second kappa shape index (κ2) is 5.58. The van der Waals surface area contributed by atoms with Gasteiger partial charge in [-0.25, -0.2) is 0 Å². The van der Waals surface area contributed by atoms with Crippen LogP contribution < -0.4 is 14.9 Å². The van der Waals surface area contributed by atoms with E-state index in [1.54, 1.807) is 12.1 Å². The summed E-state index contributed by atoms with van der Waals surface area (Å²) in [5.74, 6) is 0.853. The van der Waals surface area contributed by atoms with E-state index in [4.69, 9.17) is 18.9 Å². The van der Waals surface area contributed by atoms with Crippen LogP contribution in [0.15, 0.2) is 12.1 Å². The summed E-state index contributed by atoms with van der Waals surface area (Å²) < 4.78 is 21.1. The topological polar surface area (TPSA) is 77.4 Å². The minimum Gasteiger partial charge on any atom is -0.497 e. The summed E-state index contributed by atoms with van der Waals surface area (Å²) in [6.07, 6.45) is -0.552. The number of benzene rings is 1. The van der Waals surface area contributed by atoms with Gasteiger partial charge in [-0.05, 0) is 6.07 Å². The zero-order chi connectivity index (χ0) is 13.1. The molecule has 1 aliphatic heterocycles. The van der Waals surface area contributed by atoms with E-state index in [2.05, 4.69) is 0 Å². The van der Waals surface area contributed by atoms with Crippen LogP contribution in [0.3, 0.4) is 0 Å². The first-order chi connectivity index (χ1) is 8.67. The van der Waals surface area contributed by atoms with Crippen LogP contribution in [-0.2, 0) is 9.47 Å². The molecule has 2 N–H and O–H groups in total. The highest BCUT2D eigenvalue weighted by Crippen LogP contribution is 2.33. The molecule has 7 heteroatoms. The Labute approximate surface area is 105 Å². The maximum Gasteiger partial charge on any atom is 0.492 e. The van der Waals surface area contributed by atoms with Gasteiger partial charge in [0.05, 0.1) is 27.4 Å². The molecular weight excluding hydrogens is 239 g/mol. The first-order valence-electron chi connectivity index (χ1n) is 5.52. The van der Waals surface area contributed by atoms with Crippen LogP contribution in [0, 0.1) is 0 Å². The average Bonchev–Trinajstić information content (AvgIpc) is 2.90. The normalized spacial score (nSPS) is 15.8. The first kappa shape index (κ1) is 13.2. The molecule has 18 heavy (non-hydrogen) atoms. The highest BCUT2D eigenvalue weighted by Gasteiger charge is 2.27. The lowest BCUT2D eigenvalue weighted by Crippen LogP contribution is -2.32. The smallest absolute Gasteiger partial charge is 0.492 e. The van der Waals surface area contributed by atoms with Crippen molar-refractivity contribution >= 4 is 12.6 Å². The number of methoxy groups -OCH3 is 2. The lowest BCUT2D eigenvalue weighted by Gasteiger charge is -2.17. The molecule has 1 aliphatic rings. The fraction of sp³-hybridized carbons (Fsp3) is 0.455. The van der Waals surface area contributed by atoms with Crippen molar-refractivity contribution < 1.29 is 29.0 Å². The van der Waals surface area contributed by atoms with E-state index >= 15 is 0 Å². The zero-order valence-electron chi connectivity index (χ0n) is 10.3. The SMILES string of the molecule is COc1cc(OC)c(C2OCCO2)cc1B(O)O. The largest absolute Gasteiger partial charge is 0.497 e. The van der Waals surface area contributed by atoms with Gasteiger partial charge in [-0.1, -0.05) is 0 Å². The van der Waals surface area contributed by atoms with Crippen LogP contribution in [0.2, 0.25) is 0 Å². The summed E-state index contributed by atoms with van der Waals surface area (Å²) in [7, 11) is 1.33. The third-order valence-electron chi connectivity index (χ3n) is 2.74. The molecule has 2 rings (SSSR count). The molecule has 0 aromatic heterocycles. The van der Waals surface area contributed by atoms with Gasteiger partial charge in [0, 0.05) is 17.1 Å². The third kappa shape index (κ3) is 2.44. The predicted molar refractivity (Wildman–Crippen MR) is 64.0 cm³/mol. The molecule has 1 saturated heterocycles. The van der Waals surface area contributed by atoms with Crippen molar-refractivity contribution in [2.24, 2.45) is 0 Å². The molecule has 0 spiro atoms. The number of hydrogen-bond donors (Lipinski definition) is 2. The van der Waals surface area contributed by atoms with Crippen molar-refractivity contribution in [3.63, 3.8) is 0 Å². The number of ether oxygens (including phenoxy) is 4. The van der Waals surface area contributed by atoms with Crippen molar-refractivity contribution in [1.82, 2.24) is 0 Å². The van der Waals surface area contributed by atoms with Crippen molar-refractivity contribution in [2.45, 2.75) is 6.29 Å². The minimum absolute atomic E-state index is 0.243. The fourth-order valence-corrected chi connectivity index (χ4v) is 1.87. The van der Waals surface area contributed by atoms with Crippen LogP contribution >= 0.6 is 0 Å². The van der Waals surface area contributed by atoms with Crippen LogP contribution in [0.5, 0.6) is 11.5 Å². The second-order valence-corrected chi connectivity index (χ2v) is 3.78. The lowest BCUT2D eigenvalue weighted by molar-refractivity contribution is -0.0454. The van der Waals surface area contributed by atoms with E-state index in [1.807, 2.05) is 0 Å². The molecule has 1 aromatic rings. The van der Waals surface area contributed by atoms with Crippen LogP contribution in [-0.4, -0.2) is 44.6 Å². The Morgan fingerprint density at radius 2 is 1.72 bits per heavy atom. The van der Waals surface area contributed by atoms with Gasteiger partial charge < -0.3 is 29.0 Å². The zero-order valence-corrected chi connectivity index (χ0v) is 10.3. The van der Waals surface area contributed by atoms with E-state index in [9.17, 15) is 10.0 Å². The van der Waals surface area contributed by atoms with Gasteiger partial charge in [-0.15, -0.1) is 0 Å². The summed E-state index contributed by atoms with van der Waals surface area (Å²) in [5.41, 5.74) is 0.853. The van der Waals surface area contributed by atoms with Gasteiger partial charge >= 0.3 is 7.12 Å². The average molecular weight is 254 g/mol. The van der Waals surface area contributed by atoms with Gasteiger partial charge in [0.25, 0.3) is 0 Å². The van der Waals surface area contributed by atoms with Crippen molar-refractivity contribution in [3.8, 4) is 11.5 Å². The van der Waals surface area contributed by atoms with E-state index in [1.165, 1.54) is 14.2 Å². The Kier molecular flexibility index (Phi) is 4.08. The molecular formula is C11H15BO6. The Morgan fingerprint density at radius 3 is 2.22 bits per heavy atom. The van der Waals surface area contributed by atoms with Gasteiger partial charge in [-0.3, -0.25) is 0 Å².